The van der Waals surface area contributed by atoms with Gasteiger partial charge in [-0.1, -0.05) is 200 Å². The standard InChI is InChI=1S/C60H96O6/c1-4-7-10-13-16-19-22-25-27-28-29-30-31-32-33-36-38-41-44-47-50-53-59(62)65-56-57(55-64-58(61)52-49-46-43-40-37-34-24-21-18-15-12-9-6-3)66-60(63)54-51-48-45-42-39-35-26-23-20-17-14-11-8-5-2/h7,9-10,12,14,16-19,21,23,25-27,29-30,32-34,37,57H,4-6,8,11,13,15,20,22,24,28,31,35-36,38-56H2,1-3H3/b10-7-,12-9-,17-14-,19-16-,21-18-,26-23-,27-25-,30-29-,33-32-,37-34-. The quantitative estimate of drug-likeness (QED) is 0.0262. The van der Waals surface area contributed by atoms with Crippen molar-refractivity contribution >= 4 is 17.9 Å². The van der Waals surface area contributed by atoms with Crippen molar-refractivity contribution in [3.05, 3.63) is 122 Å². The number of carbonyl (C=O) groups excluding carboxylic acids is 3. The molecule has 0 fully saturated rings. The first-order chi connectivity index (χ1) is 32.5. The minimum absolute atomic E-state index is 0.107. The van der Waals surface area contributed by atoms with E-state index in [1.807, 2.05) is 0 Å². The Balaban J connectivity index is 4.47. The summed E-state index contributed by atoms with van der Waals surface area (Å²) in [6.45, 7) is 6.30. The fraction of sp³-hybridized carbons (Fsp3) is 0.617. The van der Waals surface area contributed by atoms with Crippen LogP contribution in [0.5, 0.6) is 0 Å². The molecule has 0 aromatic rings. The molecular formula is C60H96O6. The highest BCUT2D eigenvalue weighted by Gasteiger charge is 2.19. The van der Waals surface area contributed by atoms with Crippen LogP contribution in [0.15, 0.2) is 122 Å². The van der Waals surface area contributed by atoms with Gasteiger partial charge in [0.25, 0.3) is 0 Å². The van der Waals surface area contributed by atoms with Gasteiger partial charge in [0.2, 0.25) is 0 Å². The second-order valence-electron chi connectivity index (χ2n) is 17.0. The van der Waals surface area contributed by atoms with E-state index in [9.17, 15) is 14.4 Å². The summed E-state index contributed by atoms with van der Waals surface area (Å²) in [5.74, 6) is -0.975. The number of carbonyl (C=O) groups is 3. The Morgan fingerprint density at radius 2 is 0.591 bits per heavy atom. The first kappa shape index (κ1) is 61.8. The van der Waals surface area contributed by atoms with E-state index in [4.69, 9.17) is 14.2 Å². The summed E-state index contributed by atoms with van der Waals surface area (Å²) in [5, 5.41) is 0. The first-order valence-electron chi connectivity index (χ1n) is 26.5. The van der Waals surface area contributed by atoms with Crippen LogP contribution in [-0.2, 0) is 28.6 Å². The Labute approximate surface area is 405 Å². The second kappa shape index (κ2) is 53.4. The molecule has 0 amide bonds. The number of ether oxygens (including phenoxy) is 3. The fourth-order valence-electron chi connectivity index (χ4n) is 6.73. The Morgan fingerprint density at radius 3 is 0.939 bits per heavy atom. The van der Waals surface area contributed by atoms with Crippen molar-refractivity contribution in [1.82, 2.24) is 0 Å². The number of allylic oxidation sites excluding steroid dienone is 20. The van der Waals surface area contributed by atoms with Crippen LogP contribution >= 0.6 is 0 Å². The molecule has 1 atom stereocenters. The summed E-state index contributed by atoms with van der Waals surface area (Å²) in [4.78, 5) is 38.0. The van der Waals surface area contributed by atoms with E-state index < -0.39 is 6.10 Å². The Kier molecular flexibility index (Phi) is 50.0. The maximum absolute atomic E-state index is 12.8. The van der Waals surface area contributed by atoms with Gasteiger partial charge in [0.1, 0.15) is 13.2 Å². The van der Waals surface area contributed by atoms with Crippen molar-refractivity contribution in [1.29, 1.82) is 0 Å². The maximum atomic E-state index is 12.8. The predicted molar refractivity (Wildman–Crippen MR) is 283 cm³/mol. The van der Waals surface area contributed by atoms with Gasteiger partial charge in [-0.15, -0.1) is 0 Å². The molecule has 0 aliphatic carbocycles. The van der Waals surface area contributed by atoms with Gasteiger partial charge in [0.05, 0.1) is 0 Å². The highest BCUT2D eigenvalue weighted by atomic mass is 16.6. The van der Waals surface area contributed by atoms with Gasteiger partial charge in [0.15, 0.2) is 6.10 Å². The van der Waals surface area contributed by atoms with Crippen molar-refractivity contribution < 1.29 is 28.6 Å². The van der Waals surface area contributed by atoms with Gasteiger partial charge < -0.3 is 14.2 Å². The molecule has 6 nitrogen and oxygen atoms in total. The Morgan fingerprint density at radius 1 is 0.318 bits per heavy atom. The lowest BCUT2D eigenvalue weighted by atomic mass is 10.1. The Bertz CT molecular complexity index is 1420. The average molecular weight is 913 g/mol. The number of unbranched alkanes of at least 4 members (excludes halogenated alkanes) is 15. The largest absolute Gasteiger partial charge is 0.462 e. The van der Waals surface area contributed by atoms with E-state index in [1.165, 1.54) is 19.3 Å². The zero-order valence-electron chi connectivity index (χ0n) is 42.4. The molecule has 0 N–H and O–H groups in total. The summed E-state index contributed by atoms with van der Waals surface area (Å²) in [6, 6.07) is 0. The van der Waals surface area contributed by atoms with Gasteiger partial charge in [-0.2, -0.15) is 0 Å². The van der Waals surface area contributed by atoms with Crippen molar-refractivity contribution in [3.63, 3.8) is 0 Å². The molecule has 0 heterocycles. The van der Waals surface area contributed by atoms with Crippen molar-refractivity contribution in [2.45, 2.75) is 226 Å². The van der Waals surface area contributed by atoms with Crippen LogP contribution < -0.4 is 0 Å². The van der Waals surface area contributed by atoms with Crippen LogP contribution in [0.3, 0.4) is 0 Å². The summed E-state index contributed by atoms with van der Waals surface area (Å²) < 4.78 is 16.8. The SMILES string of the molecule is CC/C=C\C/C=C\C/C=C\C/C=C\C/C=C\CCCCCCCC(=O)OCC(COC(=O)CCCCC/C=C\C/C=C\C/C=C\CC)OC(=O)CCCCCCC/C=C\C/C=C\CCCC. The van der Waals surface area contributed by atoms with E-state index in [0.717, 1.165) is 161 Å². The molecular weight excluding hydrogens is 817 g/mol. The van der Waals surface area contributed by atoms with Crippen molar-refractivity contribution in [2.75, 3.05) is 13.2 Å². The van der Waals surface area contributed by atoms with E-state index >= 15 is 0 Å². The zero-order chi connectivity index (χ0) is 47.9. The maximum Gasteiger partial charge on any atom is 0.306 e. The van der Waals surface area contributed by atoms with Crippen LogP contribution in [0.1, 0.15) is 220 Å². The minimum atomic E-state index is -0.809. The number of hydrogen-bond acceptors (Lipinski definition) is 6. The molecule has 66 heavy (non-hydrogen) atoms. The van der Waals surface area contributed by atoms with E-state index in [-0.39, 0.29) is 31.1 Å². The molecule has 0 aromatic heterocycles. The molecule has 372 valence electrons. The number of rotatable bonds is 46. The van der Waals surface area contributed by atoms with E-state index in [2.05, 4.69) is 142 Å². The smallest absolute Gasteiger partial charge is 0.306 e. The van der Waals surface area contributed by atoms with Gasteiger partial charge in [-0.3, -0.25) is 14.4 Å². The molecule has 0 aromatic carbocycles. The molecule has 0 spiro atoms. The topological polar surface area (TPSA) is 78.9 Å². The Hall–Kier alpha value is -4.19. The van der Waals surface area contributed by atoms with Crippen LogP contribution in [-0.4, -0.2) is 37.2 Å². The first-order valence-corrected chi connectivity index (χ1v) is 26.5. The summed E-state index contributed by atoms with van der Waals surface area (Å²) in [6.07, 6.45) is 73.2. The second-order valence-corrected chi connectivity index (χ2v) is 17.0. The number of hydrogen-bond donors (Lipinski definition) is 0. The molecule has 0 saturated heterocycles. The van der Waals surface area contributed by atoms with E-state index in [0.29, 0.717) is 19.3 Å². The molecule has 0 radical (unpaired) electrons. The molecule has 0 aliphatic rings. The van der Waals surface area contributed by atoms with Crippen molar-refractivity contribution in [3.8, 4) is 0 Å². The molecule has 0 rings (SSSR count). The summed E-state index contributed by atoms with van der Waals surface area (Å²) in [7, 11) is 0. The molecule has 0 aliphatic heterocycles. The lowest BCUT2D eigenvalue weighted by Gasteiger charge is -2.18. The van der Waals surface area contributed by atoms with Gasteiger partial charge in [0, 0.05) is 19.3 Å². The van der Waals surface area contributed by atoms with Gasteiger partial charge in [-0.25, -0.2) is 0 Å². The number of esters is 3. The summed E-state index contributed by atoms with van der Waals surface area (Å²) in [5.41, 5.74) is 0. The molecule has 6 heteroatoms. The minimum Gasteiger partial charge on any atom is -0.462 e. The normalized spacial score (nSPS) is 13.1. The third-order valence-electron chi connectivity index (χ3n) is 10.7. The van der Waals surface area contributed by atoms with Gasteiger partial charge >= 0.3 is 17.9 Å². The van der Waals surface area contributed by atoms with Crippen LogP contribution in [0.25, 0.3) is 0 Å². The molecule has 1 unspecified atom stereocenters. The average Bonchev–Trinajstić information content (AvgIpc) is 3.31. The van der Waals surface area contributed by atoms with E-state index in [1.54, 1.807) is 0 Å². The lowest BCUT2D eigenvalue weighted by molar-refractivity contribution is -0.167. The summed E-state index contributed by atoms with van der Waals surface area (Å²) >= 11 is 0. The lowest BCUT2D eigenvalue weighted by Crippen LogP contribution is -2.30. The monoisotopic (exact) mass is 913 g/mol. The molecule has 0 bridgehead atoms. The van der Waals surface area contributed by atoms with Crippen LogP contribution in [0, 0.1) is 0 Å². The highest BCUT2D eigenvalue weighted by Crippen LogP contribution is 2.13. The predicted octanol–water partition coefficient (Wildman–Crippen LogP) is 17.7. The van der Waals surface area contributed by atoms with Gasteiger partial charge in [-0.05, 0) is 122 Å². The van der Waals surface area contributed by atoms with Crippen LogP contribution in [0.2, 0.25) is 0 Å². The fourth-order valence-corrected chi connectivity index (χ4v) is 6.73. The van der Waals surface area contributed by atoms with Crippen LogP contribution in [0.4, 0.5) is 0 Å². The van der Waals surface area contributed by atoms with Crippen molar-refractivity contribution in [2.24, 2.45) is 0 Å². The third-order valence-corrected chi connectivity index (χ3v) is 10.7. The third kappa shape index (κ3) is 50.8. The highest BCUT2D eigenvalue weighted by molar-refractivity contribution is 5.71. The zero-order valence-corrected chi connectivity index (χ0v) is 42.4. The molecule has 0 saturated carbocycles.